The fourth-order valence-corrected chi connectivity index (χ4v) is 3.50. The molecule has 27 heavy (non-hydrogen) atoms. The molecule has 0 aliphatic carbocycles. The normalized spacial score (nSPS) is 14.6. The van der Waals surface area contributed by atoms with E-state index in [0.717, 1.165) is 17.3 Å². The van der Waals surface area contributed by atoms with Crippen LogP contribution < -0.4 is 10.1 Å². The maximum atomic E-state index is 11.5. The lowest BCUT2D eigenvalue weighted by Gasteiger charge is -2.18. The first-order chi connectivity index (χ1) is 13.0. The molecular formula is C23H24N2O2. The van der Waals surface area contributed by atoms with Crippen LogP contribution in [0.1, 0.15) is 49.3 Å². The van der Waals surface area contributed by atoms with Crippen molar-refractivity contribution < 1.29 is 9.53 Å². The Morgan fingerprint density at radius 1 is 1.04 bits per heavy atom. The molecule has 4 heteroatoms. The van der Waals surface area contributed by atoms with Gasteiger partial charge in [0.2, 0.25) is 0 Å². The van der Waals surface area contributed by atoms with Gasteiger partial charge in [-0.1, -0.05) is 51.1 Å². The third kappa shape index (κ3) is 3.65. The monoisotopic (exact) mass is 360 g/mol. The predicted octanol–water partition coefficient (Wildman–Crippen LogP) is 5.04. The van der Waals surface area contributed by atoms with Gasteiger partial charge >= 0.3 is 0 Å². The van der Waals surface area contributed by atoms with Crippen molar-refractivity contribution in [1.29, 1.82) is 0 Å². The molecule has 1 unspecified atom stereocenters. The second-order valence-electron chi connectivity index (χ2n) is 7.63. The Balaban J connectivity index is 1.57. The summed E-state index contributed by atoms with van der Waals surface area (Å²) in [6.07, 6.45) is 0.995. The van der Waals surface area contributed by atoms with Crippen LogP contribution in [0, 0.1) is 0 Å². The van der Waals surface area contributed by atoms with Gasteiger partial charge in [-0.05, 0) is 53.1 Å². The van der Waals surface area contributed by atoms with Gasteiger partial charge in [-0.25, -0.2) is 4.98 Å². The van der Waals surface area contributed by atoms with Crippen LogP contribution in [0.25, 0.3) is 10.9 Å². The summed E-state index contributed by atoms with van der Waals surface area (Å²) < 4.78 is 5.50. The van der Waals surface area contributed by atoms with Gasteiger partial charge in [0.05, 0.1) is 5.52 Å². The summed E-state index contributed by atoms with van der Waals surface area (Å²) in [5.74, 6) is 1.93. The molecule has 0 saturated carbocycles. The average molecular weight is 360 g/mol. The van der Waals surface area contributed by atoms with Crippen LogP contribution >= 0.6 is 0 Å². The van der Waals surface area contributed by atoms with Gasteiger partial charge < -0.3 is 10.1 Å². The van der Waals surface area contributed by atoms with Gasteiger partial charge in [0.25, 0.3) is 5.91 Å². The molecule has 2 aromatic carbocycles. The number of hydrogen-bond acceptors (Lipinski definition) is 3. The topological polar surface area (TPSA) is 51.2 Å². The Labute approximate surface area is 159 Å². The smallest absolute Gasteiger partial charge is 0.263 e. The van der Waals surface area contributed by atoms with Gasteiger partial charge in [0, 0.05) is 5.39 Å². The summed E-state index contributed by atoms with van der Waals surface area (Å²) in [5, 5.41) is 3.79. The molecule has 4 nitrogen and oxygen atoms in total. The highest BCUT2D eigenvalue weighted by Gasteiger charge is 2.18. The maximum absolute atomic E-state index is 11.5. The molecule has 0 spiro atoms. The number of nitrogens with one attached hydrogen (secondary N) is 1. The zero-order valence-electron chi connectivity index (χ0n) is 16.0. The number of anilines is 1. The van der Waals surface area contributed by atoms with E-state index >= 15 is 0 Å². The summed E-state index contributed by atoms with van der Waals surface area (Å²) in [4.78, 5) is 16.0. The quantitative estimate of drug-likeness (QED) is 0.709. The molecule has 138 valence electrons. The van der Waals surface area contributed by atoms with Crippen LogP contribution in [0.4, 0.5) is 5.82 Å². The van der Waals surface area contributed by atoms with Crippen molar-refractivity contribution in [3.8, 4) is 5.75 Å². The molecule has 0 radical (unpaired) electrons. The number of ether oxygens (including phenoxy) is 1. The largest absolute Gasteiger partial charge is 0.480 e. The SMILES string of the molecule is CC(C)c1ccc(CC(C)c2ccc3nc4c(cc3c2)OCC(=O)N4)cc1. The van der Waals surface area contributed by atoms with Crippen LogP contribution in [0.2, 0.25) is 0 Å². The van der Waals surface area contributed by atoms with Crippen LogP contribution in [0.5, 0.6) is 5.75 Å². The zero-order chi connectivity index (χ0) is 19.0. The zero-order valence-corrected chi connectivity index (χ0v) is 16.0. The van der Waals surface area contributed by atoms with Crippen molar-refractivity contribution in [2.45, 2.75) is 39.0 Å². The van der Waals surface area contributed by atoms with Crippen molar-refractivity contribution in [2.24, 2.45) is 0 Å². The molecular weight excluding hydrogens is 336 g/mol. The molecule has 0 fully saturated rings. The van der Waals surface area contributed by atoms with Gasteiger partial charge in [0.15, 0.2) is 18.2 Å². The number of rotatable bonds is 4. The third-order valence-electron chi connectivity index (χ3n) is 5.18. The highest BCUT2D eigenvalue weighted by molar-refractivity contribution is 5.96. The van der Waals surface area contributed by atoms with E-state index in [1.807, 2.05) is 12.1 Å². The highest BCUT2D eigenvalue weighted by atomic mass is 16.5. The first-order valence-electron chi connectivity index (χ1n) is 9.46. The number of hydrogen-bond donors (Lipinski definition) is 1. The minimum absolute atomic E-state index is 0.0443. The molecule has 0 bridgehead atoms. The second kappa shape index (κ2) is 7.03. The fraction of sp³-hybridized carbons (Fsp3) is 0.304. The Bertz CT molecular complexity index is 993. The number of aromatic nitrogens is 1. The van der Waals surface area contributed by atoms with Gasteiger partial charge in [0.1, 0.15) is 0 Å². The Morgan fingerprint density at radius 2 is 1.78 bits per heavy atom. The van der Waals surface area contributed by atoms with E-state index in [0.29, 0.717) is 23.4 Å². The lowest BCUT2D eigenvalue weighted by Crippen LogP contribution is -2.26. The molecule has 1 aliphatic rings. The number of benzene rings is 2. The van der Waals surface area contributed by atoms with Crippen molar-refractivity contribution in [3.05, 3.63) is 65.2 Å². The summed E-state index contributed by atoms with van der Waals surface area (Å²) in [7, 11) is 0. The average Bonchev–Trinajstić information content (AvgIpc) is 2.66. The fourth-order valence-electron chi connectivity index (χ4n) is 3.50. The minimum Gasteiger partial charge on any atom is -0.480 e. The van der Waals surface area contributed by atoms with Gasteiger partial charge in [-0.3, -0.25) is 4.79 Å². The number of amides is 1. The van der Waals surface area contributed by atoms with Crippen molar-refractivity contribution >= 4 is 22.6 Å². The second-order valence-corrected chi connectivity index (χ2v) is 7.63. The lowest BCUT2D eigenvalue weighted by atomic mass is 9.91. The summed E-state index contributed by atoms with van der Waals surface area (Å²) in [6.45, 7) is 6.73. The lowest BCUT2D eigenvalue weighted by molar-refractivity contribution is -0.118. The van der Waals surface area contributed by atoms with E-state index in [1.54, 1.807) is 0 Å². The van der Waals surface area contributed by atoms with E-state index in [-0.39, 0.29) is 12.5 Å². The standard InChI is InChI=1S/C23H24N2O2/c1-14(2)17-6-4-16(5-7-17)10-15(3)18-8-9-20-19(11-18)12-21-23(24-20)25-22(26)13-27-21/h4-9,11-12,14-15H,10,13H2,1-3H3,(H,24,25,26). The van der Waals surface area contributed by atoms with Crippen LogP contribution in [-0.2, 0) is 11.2 Å². The predicted molar refractivity (Wildman–Crippen MR) is 109 cm³/mol. The number of fused-ring (bicyclic) bond motifs is 2. The molecule has 1 atom stereocenters. The third-order valence-corrected chi connectivity index (χ3v) is 5.18. The molecule has 1 N–H and O–H groups in total. The van der Waals surface area contributed by atoms with Crippen molar-refractivity contribution in [2.75, 3.05) is 11.9 Å². The maximum Gasteiger partial charge on any atom is 0.263 e. The van der Waals surface area contributed by atoms with Gasteiger partial charge in [-0.15, -0.1) is 0 Å². The van der Waals surface area contributed by atoms with Gasteiger partial charge in [-0.2, -0.15) is 0 Å². The highest BCUT2D eigenvalue weighted by Crippen LogP contribution is 2.31. The van der Waals surface area contributed by atoms with Crippen molar-refractivity contribution in [3.63, 3.8) is 0 Å². The van der Waals surface area contributed by atoms with E-state index in [2.05, 4.69) is 67.5 Å². The molecule has 1 aromatic heterocycles. The van der Waals surface area contributed by atoms with E-state index < -0.39 is 0 Å². The number of carbonyl (C=O) groups excluding carboxylic acids is 1. The molecule has 3 aromatic rings. The van der Waals surface area contributed by atoms with Crippen LogP contribution in [0.15, 0.2) is 48.5 Å². The minimum atomic E-state index is -0.164. The summed E-state index contributed by atoms with van der Waals surface area (Å²) in [5.41, 5.74) is 4.86. The molecule has 0 saturated heterocycles. The number of nitrogens with zero attached hydrogens (tertiary/aromatic N) is 1. The van der Waals surface area contributed by atoms with E-state index in [1.165, 1.54) is 16.7 Å². The molecule has 4 rings (SSSR count). The van der Waals surface area contributed by atoms with E-state index in [4.69, 9.17) is 4.74 Å². The molecule has 1 aliphatic heterocycles. The number of pyridine rings is 1. The van der Waals surface area contributed by atoms with E-state index in [9.17, 15) is 4.79 Å². The summed E-state index contributed by atoms with van der Waals surface area (Å²) in [6, 6.07) is 17.2. The first kappa shape index (κ1) is 17.5. The molecule has 2 heterocycles. The Hall–Kier alpha value is -2.88. The summed E-state index contributed by atoms with van der Waals surface area (Å²) >= 11 is 0. The van der Waals surface area contributed by atoms with Crippen LogP contribution in [-0.4, -0.2) is 17.5 Å². The Morgan fingerprint density at radius 3 is 2.52 bits per heavy atom. The molecule has 1 amide bonds. The Kier molecular flexibility index (Phi) is 4.56. The van der Waals surface area contributed by atoms with Crippen molar-refractivity contribution in [1.82, 2.24) is 4.98 Å². The first-order valence-corrected chi connectivity index (χ1v) is 9.46. The van der Waals surface area contributed by atoms with Crippen LogP contribution in [0.3, 0.4) is 0 Å². The number of carbonyl (C=O) groups is 1.